The molecule has 1 aromatic carbocycles. The highest BCUT2D eigenvalue weighted by molar-refractivity contribution is 9.10. The van der Waals surface area contributed by atoms with Gasteiger partial charge in [0.2, 0.25) is 0 Å². The van der Waals surface area contributed by atoms with Crippen LogP contribution in [0.15, 0.2) is 28.7 Å². The predicted molar refractivity (Wildman–Crippen MR) is 88.5 cm³/mol. The number of halogens is 1. The number of hydrogen-bond donors (Lipinski definition) is 1. The highest BCUT2D eigenvalue weighted by Crippen LogP contribution is 2.23. The maximum atomic E-state index is 4.86. The van der Waals surface area contributed by atoms with E-state index in [0.717, 1.165) is 36.2 Å². The van der Waals surface area contributed by atoms with Crippen LogP contribution < -0.4 is 5.32 Å². The molecule has 2 heterocycles. The summed E-state index contributed by atoms with van der Waals surface area (Å²) in [6, 6.07) is 8.36. The van der Waals surface area contributed by atoms with Gasteiger partial charge < -0.3 is 5.32 Å². The summed E-state index contributed by atoms with van der Waals surface area (Å²) in [6.45, 7) is 6.32. The van der Waals surface area contributed by atoms with Crippen molar-refractivity contribution in [1.82, 2.24) is 15.3 Å². The van der Waals surface area contributed by atoms with Crippen LogP contribution >= 0.6 is 15.9 Å². The van der Waals surface area contributed by atoms with Crippen LogP contribution in [0.4, 0.5) is 0 Å². The van der Waals surface area contributed by atoms with Crippen molar-refractivity contribution in [3.8, 4) is 0 Å². The lowest BCUT2D eigenvalue weighted by atomic mass is 9.97. The number of hydrogen-bond acceptors (Lipinski definition) is 3. The molecular formula is C17H20BrN3. The van der Waals surface area contributed by atoms with E-state index in [1.54, 1.807) is 0 Å². The third kappa shape index (κ3) is 3.33. The number of benzene rings is 1. The minimum absolute atomic E-state index is 0.445. The first kappa shape index (κ1) is 14.7. The minimum atomic E-state index is 0.445. The van der Waals surface area contributed by atoms with Crippen LogP contribution in [0.25, 0.3) is 0 Å². The standard InChI is InChI=1S/C17H20BrN3/c1-11(2)17-14-6-7-19-10-15(14)20-16(21-17)9-12-4-3-5-13(18)8-12/h3-5,8,11,19H,6-7,9-10H2,1-2H3. The highest BCUT2D eigenvalue weighted by atomic mass is 79.9. The lowest BCUT2D eigenvalue weighted by Gasteiger charge is -2.21. The summed E-state index contributed by atoms with van der Waals surface area (Å²) in [5.74, 6) is 1.38. The van der Waals surface area contributed by atoms with Gasteiger partial charge in [0.15, 0.2) is 0 Å². The molecule has 110 valence electrons. The SMILES string of the molecule is CC(C)c1nc(Cc2cccc(Br)c2)nc2c1CCNC2. The molecule has 4 heteroatoms. The van der Waals surface area contributed by atoms with E-state index in [0.29, 0.717) is 5.92 Å². The third-order valence-electron chi connectivity index (χ3n) is 3.81. The fraction of sp³-hybridized carbons (Fsp3) is 0.412. The van der Waals surface area contributed by atoms with Gasteiger partial charge in [-0.05, 0) is 42.1 Å². The first-order valence-corrected chi connectivity index (χ1v) is 8.26. The van der Waals surface area contributed by atoms with E-state index in [1.165, 1.54) is 22.5 Å². The first-order valence-electron chi connectivity index (χ1n) is 7.47. The molecule has 0 aliphatic carbocycles. The number of nitrogens with one attached hydrogen (secondary N) is 1. The second kappa shape index (κ2) is 6.24. The van der Waals surface area contributed by atoms with E-state index in [-0.39, 0.29) is 0 Å². The van der Waals surface area contributed by atoms with Crippen LogP contribution in [0.1, 0.15) is 48.1 Å². The Morgan fingerprint density at radius 1 is 1.29 bits per heavy atom. The van der Waals surface area contributed by atoms with Crippen molar-refractivity contribution in [2.75, 3.05) is 6.54 Å². The van der Waals surface area contributed by atoms with E-state index in [4.69, 9.17) is 9.97 Å². The summed E-state index contributed by atoms with van der Waals surface area (Å²) < 4.78 is 1.10. The molecule has 1 aromatic heterocycles. The Hall–Kier alpha value is -1.26. The van der Waals surface area contributed by atoms with Gasteiger partial charge >= 0.3 is 0 Å². The molecule has 21 heavy (non-hydrogen) atoms. The Morgan fingerprint density at radius 2 is 2.14 bits per heavy atom. The van der Waals surface area contributed by atoms with Gasteiger partial charge in [0.1, 0.15) is 5.82 Å². The van der Waals surface area contributed by atoms with E-state index in [2.05, 4.69) is 53.3 Å². The second-order valence-corrected chi connectivity index (χ2v) is 6.75. The van der Waals surface area contributed by atoms with Crippen LogP contribution in [-0.2, 0) is 19.4 Å². The van der Waals surface area contributed by atoms with Gasteiger partial charge in [0.25, 0.3) is 0 Å². The molecule has 0 amide bonds. The number of rotatable bonds is 3. The molecule has 0 atom stereocenters. The topological polar surface area (TPSA) is 37.8 Å². The molecule has 1 aliphatic rings. The van der Waals surface area contributed by atoms with Crippen LogP contribution in [0.5, 0.6) is 0 Å². The first-order chi connectivity index (χ1) is 10.1. The molecule has 0 fully saturated rings. The Balaban J connectivity index is 1.97. The molecule has 1 N–H and O–H groups in total. The van der Waals surface area contributed by atoms with Crippen LogP contribution in [-0.4, -0.2) is 16.5 Å². The zero-order chi connectivity index (χ0) is 14.8. The molecule has 3 rings (SSSR count). The zero-order valence-electron chi connectivity index (χ0n) is 12.5. The minimum Gasteiger partial charge on any atom is -0.311 e. The van der Waals surface area contributed by atoms with Gasteiger partial charge in [-0.2, -0.15) is 0 Å². The van der Waals surface area contributed by atoms with Crippen molar-refractivity contribution in [2.45, 2.75) is 39.2 Å². The van der Waals surface area contributed by atoms with Crippen molar-refractivity contribution < 1.29 is 0 Å². The zero-order valence-corrected chi connectivity index (χ0v) is 14.1. The molecule has 0 unspecified atom stereocenters. The molecule has 0 radical (unpaired) electrons. The summed E-state index contributed by atoms with van der Waals surface area (Å²) in [7, 11) is 0. The van der Waals surface area contributed by atoms with Crippen molar-refractivity contribution in [1.29, 1.82) is 0 Å². The Labute approximate surface area is 134 Å². The van der Waals surface area contributed by atoms with Crippen LogP contribution in [0.2, 0.25) is 0 Å². The van der Waals surface area contributed by atoms with Gasteiger partial charge in [-0.15, -0.1) is 0 Å². The van der Waals surface area contributed by atoms with Crippen LogP contribution in [0.3, 0.4) is 0 Å². The van der Waals surface area contributed by atoms with Gasteiger partial charge in [0, 0.05) is 17.4 Å². The average molecular weight is 346 g/mol. The number of nitrogens with zero attached hydrogens (tertiary/aromatic N) is 2. The Morgan fingerprint density at radius 3 is 2.90 bits per heavy atom. The highest BCUT2D eigenvalue weighted by Gasteiger charge is 2.19. The average Bonchev–Trinajstić information content (AvgIpc) is 2.46. The largest absolute Gasteiger partial charge is 0.311 e. The third-order valence-corrected chi connectivity index (χ3v) is 4.31. The lowest BCUT2D eigenvalue weighted by molar-refractivity contribution is 0.601. The fourth-order valence-corrected chi connectivity index (χ4v) is 3.27. The fourth-order valence-electron chi connectivity index (χ4n) is 2.83. The molecule has 2 aromatic rings. The number of fused-ring (bicyclic) bond motifs is 1. The maximum Gasteiger partial charge on any atom is 0.133 e. The summed E-state index contributed by atoms with van der Waals surface area (Å²) in [5, 5.41) is 3.41. The van der Waals surface area contributed by atoms with Crippen molar-refractivity contribution >= 4 is 15.9 Å². The monoisotopic (exact) mass is 345 g/mol. The molecule has 3 nitrogen and oxygen atoms in total. The molecule has 0 spiro atoms. The molecular weight excluding hydrogens is 326 g/mol. The molecule has 0 saturated heterocycles. The summed E-state index contributed by atoms with van der Waals surface area (Å²) in [4.78, 5) is 9.65. The molecule has 1 aliphatic heterocycles. The van der Waals surface area contributed by atoms with E-state index >= 15 is 0 Å². The van der Waals surface area contributed by atoms with Crippen molar-refractivity contribution in [2.24, 2.45) is 0 Å². The van der Waals surface area contributed by atoms with E-state index in [1.807, 2.05) is 6.07 Å². The van der Waals surface area contributed by atoms with Crippen molar-refractivity contribution in [3.05, 3.63) is 57.1 Å². The van der Waals surface area contributed by atoms with E-state index < -0.39 is 0 Å². The van der Waals surface area contributed by atoms with Crippen molar-refractivity contribution in [3.63, 3.8) is 0 Å². The molecule has 0 saturated carbocycles. The summed E-state index contributed by atoms with van der Waals surface area (Å²) >= 11 is 3.52. The Kier molecular flexibility index (Phi) is 4.36. The quantitative estimate of drug-likeness (QED) is 0.923. The summed E-state index contributed by atoms with van der Waals surface area (Å²) in [6.07, 6.45) is 1.83. The summed E-state index contributed by atoms with van der Waals surface area (Å²) in [5.41, 5.74) is 5.01. The van der Waals surface area contributed by atoms with E-state index in [9.17, 15) is 0 Å². The smallest absolute Gasteiger partial charge is 0.133 e. The lowest BCUT2D eigenvalue weighted by Crippen LogP contribution is -2.27. The second-order valence-electron chi connectivity index (χ2n) is 5.84. The van der Waals surface area contributed by atoms with Gasteiger partial charge in [-0.1, -0.05) is 41.9 Å². The van der Waals surface area contributed by atoms with Crippen LogP contribution in [0, 0.1) is 0 Å². The molecule has 0 bridgehead atoms. The van der Waals surface area contributed by atoms with Gasteiger partial charge in [0.05, 0.1) is 11.4 Å². The van der Waals surface area contributed by atoms with Gasteiger partial charge in [-0.25, -0.2) is 9.97 Å². The number of aromatic nitrogens is 2. The predicted octanol–water partition coefficient (Wildman–Crippen LogP) is 3.60. The van der Waals surface area contributed by atoms with Gasteiger partial charge in [-0.3, -0.25) is 0 Å². The maximum absolute atomic E-state index is 4.86. The Bertz CT molecular complexity index is 652. The normalized spacial score (nSPS) is 14.3.